The number of carbonyl (C=O) groups excluding carboxylic acids is 1. The standard InChI is InChI=1S/C17H18ClFN2O2/c18-15-7-6-14(11-16(15)19)23-10-9-21-17(22)5-1-3-13-4-2-8-20-12-13/h2,4,6-8,11-12H,1,3,5,9-10H2,(H,21,22). The SMILES string of the molecule is O=C(CCCc1cccnc1)NCCOc1ccc(Cl)c(F)c1. The molecule has 23 heavy (non-hydrogen) atoms. The summed E-state index contributed by atoms with van der Waals surface area (Å²) in [6.45, 7) is 0.644. The Hall–Kier alpha value is -2.14. The molecule has 0 fully saturated rings. The Morgan fingerprint density at radius 1 is 1.35 bits per heavy atom. The lowest BCUT2D eigenvalue weighted by molar-refractivity contribution is -0.121. The summed E-state index contributed by atoms with van der Waals surface area (Å²) in [4.78, 5) is 15.7. The number of nitrogens with zero attached hydrogens (tertiary/aromatic N) is 1. The summed E-state index contributed by atoms with van der Waals surface area (Å²) < 4.78 is 18.6. The number of ether oxygens (including phenoxy) is 1. The van der Waals surface area contributed by atoms with E-state index in [1.165, 1.54) is 12.1 Å². The minimum absolute atomic E-state index is 0.0280. The van der Waals surface area contributed by atoms with E-state index in [0.717, 1.165) is 18.4 Å². The largest absolute Gasteiger partial charge is 0.492 e. The van der Waals surface area contributed by atoms with E-state index in [9.17, 15) is 9.18 Å². The van der Waals surface area contributed by atoms with Gasteiger partial charge >= 0.3 is 0 Å². The zero-order valence-corrected chi connectivity index (χ0v) is 13.4. The Morgan fingerprint density at radius 3 is 2.96 bits per heavy atom. The van der Waals surface area contributed by atoms with Gasteiger partial charge in [-0.15, -0.1) is 0 Å². The molecule has 2 aromatic rings. The molecule has 1 amide bonds. The summed E-state index contributed by atoms with van der Waals surface area (Å²) in [7, 11) is 0. The molecule has 0 atom stereocenters. The predicted molar refractivity (Wildman–Crippen MR) is 87.1 cm³/mol. The lowest BCUT2D eigenvalue weighted by atomic mass is 10.1. The van der Waals surface area contributed by atoms with Crippen molar-refractivity contribution >= 4 is 17.5 Å². The van der Waals surface area contributed by atoms with Gasteiger partial charge < -0.3 is 10.1 Å². The third-order valence-electron chi connectivity index (χ3n) is 3.18. The van der Waals surface area contributed by atoms with E-state index >= 15 is 0 Å². The van der Waals surface area contributed by atoms with Crippen molar-refractivity contribution in [2.45, 2.75) is 19.3 Å². The van der Waals surface area contributed by atoms with Gasteiger partial charge in [-0.25, -0.2) is 4.39 Å². The van der Waals surface area contributed by atoms with Gasteiger partial charge in [0.05, 0.1) is 11.6 Å². The number of nitrogens with one attached hydrogen (secondary N) is 1. The van der Waals surface area contributed by atoms with Crippen LogP contribution in [0.4, 0.5) is 4.39 Å². The van der Waals surface area contributed by atoms with E-state index in [-0.39, 0.29) is 17.5 Å². The van der Waals surface area contributed by atoms with Crippen molar-refractivity contribution in [2.75, 3.05) is 13.2 Å². The summed E-state index contributed by atoms with van der Waals surface area (Å²) in [5.41, 5.74) is 1.12. The number of amides is 1. The van der Waals surface area contributed by atoms with Crippen molar-refractivity contribution in [1.82, 2.24) is 10.3 Å². The minimum Gasteiger partial charge on any atom is -0.492 e. The lowest BCUT2D eigenvalue weighted by Gasteiger charge is -2.08. The van der Waals surface area contributed by atoms with Gasteiger partial charge in [0.1, 0.15) is 18.2 Å². The Morgan fingerprint density at radius 2 is 2.22 bits per heavy atom. The molecule has 0 aliphatic carbocycles. The van der Waals surface area contributed by atoms with E-state index in [1.54, 1.807) is 18.5 Å². The fourth-order valence-electron chi connectivity index (χ4n) is 2.01. The monoisotopic (exact) mass is 336 g/mol. The van der Waals surface area contributed by atoms with Gasteiger partial charge in [0.15, 0.2) is 0 Å². The molecule has 1 heterocycles. The zero-order chi connectivity index (χ0) is 16.5. The predicted octanol–water partition coefficient (Wildman–Crippen LogP) is 3.39. The first kappa shape index (κ1) is 17.2. The molecule has 0 bridgehead atoms. The van der Waals surface area contributed by atoms with Gasteiger partial charge in [-0.1, -0.05) is 17.7 Å². The average molecular weight is 337 g/mol. The van der Waals surface area contributed by atoms with Crippen molar-refractivity contribution in [3.63, 3.8) is 0 Å². The van der Waals surface area contributed by atoms with Crippen LogP contribution in [0.2, 0.25) is 5.02 Å². The van der Waals surface area contributed by atoms with E-state index in [0.29, 0.717) is 18.7 Å². The van der Waals surface area contributed by atoms with Crippen LogP contribution in [-0.4, -0.2) is 24.0 Å². The van der Waals surface area contributed by atoms with Gasteiger partial charge in [-0.2, -0.15) is 0 Å². The number of carbonyl (C=O) groups is 1. The fourth-order valence-corrected chi connectivity index (χ4v) is 2.13. The number of rotatable bonds is 8. The van der Waals surface area contributed by atoms with Crippen LogP contribution < -0.4 is 10.1 Å². The molecule has 122 valence electrons. The first-order valence-corrected chi connectivity index (χ1v) is 7.76. The average Bonchev–Trinajstić information content (AvgIpc) is 2.56. The normalized spacial score (nSPS) is 10.3. The van der Waals surface area contributed by atoms with Crippen LogP contribution in [0.5, 0.6) is 5.75 Å². The van der Waals surface area contributed by atoms with Crippen molar-refractivity contribution in [3.8, 4) is 5.75 Å². The van der Waals surface area contributed by atoms with Crippen molar-refractivity contribution in [3.05, 3.63) is 59.1 Å². The van der Waals surface area contributed by atoms with Gasteiger partial charge in [0, 0.05) is 24.9 Å². The summed E-state index contributed by atoms with van der Waals surface area (Å²) in [6.07, 6.45) is 5.56. The number of halogens is 2. The molecule has 2 rings (SSSR count). The molecule has 4 nitrogen and oxygen atoms in total. The minimum atomic E-state index is -0.524. The fraction of sp³-hybridized carbons (Fsp3) is 0.294. The Balaban J connectivity index is 1.58. The molecular formula is C17H18ClFN2O2. The molecule has 6 heteroatoms. The Labute approximate surface area is 139 Å². The molecule has 0 spiro atoms. The second-order valence-corrected chi connectivity index (χ2v) is 5.40. The van der Waals surface area contributed by atoms with E-state index in [1.807, 2.05) is 12.1 Å². The maximum absolute atomic E-state index is 13.2. The quantitative estimate of drug-likeness (QED) is 0.752. The number of pyridine rings is 1. The second-order valence-electron chi connectivity index (χ2n) is 4.99. The maximum atomic E-state index is 13.2. The first-order valence-electron chi connectivity index (χ1n) is 7.38. The topological polar surface area (TPSA) is 51.2 Å². The molecular weight excluding hydrogens is 319 g/mol. The highest BCUT2D eigenvalue weighted by molar-refractivity contribution is 6.30. The first-order chi connectivity index (χ1) is 11.1. The van der Waals surface area contributed by atoms with Crippen LogP contribution in [0.3, 0.4) is 0 Å². The molecule has 0 aliphatic rings. The lowest BCUT2D eigenvalue weighted by Crippen LogP contribution is -2.27. The Bertz CT molecular complexity index is 638. The summed E-state index contributed by atoms with van der Waals surface area (Å²) in [6, 6.07) is 8.11. The van der Waals surface area contributed by atoms with Crippen LogP contribution in [0.25, 0.3) is 0 Å². The van der Waals surface area contributed by atoms with Crippen LogP contribution in [-0.2, 0) is 11.2 Å². The van der Waals surface area contributed by atoms with Crippen LogP contribution in [0.15, 0.2) is 42.7 Å². The van der Waals surface area contributed by atoms with Crippen LogP contribution in [0, 0.1) is 5.82 Å². The molecule has 0 saturated heterocycles. The molecule has 1 N–H and O–H groups in total. The zero-order valence-electron chi connectivity index (χ0n) is 12.6. The Kier molecular flexibility index (Phi) is 6.81. The third-order valence-corrected chi connectivity index (χ3v) is 3.48. The van der Waals surface area contributed by atoms with Crippen molar-refractivity contribution in [1.29, 1.82) is 0 Å². The highest BCUT2D eigenvalue weighted by Crippen LogP contribution is 2.20. The highest BCUT2D eigenvalue weighted by Gasteiger charge is 2.03. The van der Waals surface area contributed by atoms with Crippen LogP contribution >= 0.6 is 11.6 Å². The van der Waals surface area contributed by atoms with E-state index < -0.39 is 5.82 Å². The summed E-state index contributed by atoms with van der Waals surface area (Å²) in [5, 5.41) is 2.82. The number of aryl methyl sites for hydroxylation is 1. The van der Waals surface area contributed by atoms with E-state index in [2.05, 4.69) is 10.3 Å². The van der Waals surface area contributed by atoms with Gasteiger partial charge in [0.2, 0.25) is 5.91 Å². The highest BCUT2D eigenvalue weighted by atomic mass is 35.5. The molecule has 0 aliphatic heterocycles. The molecule has 1 aromatic heterocycles. The van der Waals surface area contributed by atoms with Gasteiger partial charge in [-0.3, -0.25) is 9.78 Å². The molecule has 0 radical (unpaired) electrons. The number of aromatic nitrogens is 1. The van der Waals surface area contributed by atoms with E-state index in [4.69, 9.17) is 16.3 Å². The smallest absolute Gasteiger partial charge is 0.220 e. The third kappa shape index (κ3) is 6.24. The van der Waals surface area contributed by atoms with Gasteiger partial charge in [0.25, 0.3) is 0 Å². The van der Waals surface area contributed by atoms with Crippen molar-refractivity contribution < 1.29 is 13.9 Å². The summed E-state index contributed by atoms with van der Waals surface area (Å²) in [5.74, 6) is -0.166. The second kappa shape index (κ2) is 9.10. The maximum Gasteiger partial charge on any atom is 0.220 e. The number of hydrogen-bond donors (Lipinski definition) is 1. The summed E-state index contributed by atoms with van der Waals surface area (Å²) >= 11 is 5.58. The number of hydrogen-bond acceptors (Lipinski definition) is 3. The molecule has 0 unspecified atom stereocenters. The molecule has 0 saturated carbocycles. The number of benzene rings is 1. The van der Waals surface area contributed by atoms with Gasteiger partial charge in [-0.05, 0) is 36.6 Å². The molecule has 1 aromatic carbocycles. The van der Waals surface area contributed by atoms with Crippen LogP contribution in [0.1, 0.15) is 18.4 Å². The van der Waals surface area contributed by atoms with Crippen molar-refractivity contribution in [2.24, 2.45) is 0 Å².